The van der Waals surface area contributed by atoms with E-state index in [0.29, 0.717) is 13.0 Å². The van der Waals surface area contributed by atoms with Crippen molar-refractivity contribution in [2.75, 3.05) is 20.8 Å². The van der Waals surface area contributed by atoms with Crippen LogP contribution >= 0.6 is 0 Å². The molecule has 5 heteroatoms. The highest BCUT2D eigenvalue weighted by molar-refractivity contribution is 5.75. The monoisotopic (exact) mass is 245 g/mol. The van der Waals surface area contributed by atoms with Gasteiger partial charge in [-0.15, -0.1) is 0 Å². The first-order valence-electron chi connectivity index (χ1n) is 6.15. The lowest BCUT2D eigenvalue weighted by atomic mass is 9.95. The Morgan fingerprint density at radius 2 is 2.06 bits per heavy atom. The lowest BCUT2D eigenvalue weighted by molar-refractivity contribution is -0.154. The van der Waals surface area contributed by atoms with Crippen molar-refractivity contribution in [2.24, 2.45) is 5.73 Å². The van der Waals surface area contributed by atoms with E-state index in [1.807, 2.05) is 0 Å². The molecule has 5 nitrogen and oxygen atoms in total. The molecule has 3 unspecified atom stereocenters. The molecule has 1 saturated carbocycles. The SMILES string of the molecule is COCCC(N)C(=O)OC1CCCC(OC)C1. The maximum atomic E-state index is 11.7. The third-order valence-electron chi connectivity index (χ3n) is 3.13. The van der Waals surface area contributed by atoms with Crippen LogP contribution in [0.5, 0.6) is 0 Å². The summed E-state index contributed by atoms with van der Waals surface area (Å²) in [6, 6.07) is -0.585. The fraction of sp³-hybridized carbons (Fsp3) is 0.917. The maximum Gasteiger partial charge on any atom is 0.323 e. The second-order valence-corrected chi connectivity index (χ2v) is 4.47. The molecule has 0 heterocycles. The summed E-state index contributed by atoms with van der Waals surface area (Å²) in [7, 11) is 3.28. The summed E-state index contributed by atoms with van der Waals surface area (Å²) in [5.74, 6) is -0.330. The van der Waals surface area contributed by atoms with Crippen LogP contribution in [0.2, 0.25) is 0 Å². The Kier molecular flexibility index (Phi) is 6.47. The van der Waals surface area contributed by atoms with Gasteiger partial charge in [-0.25, -0.2) is 0 Å². The van der Waals surface area contributed by atoms with Crippen molar-refractivity contribution >= 4 is 5.97 Å². The topological polar surface area (TPSA) is 70.8 Å². The number of hydrogen-bond donors (Lipinski definition) is 1. The number of rotatable bonds is 6. The number of hydrogen-bond acceptors (Lipinski definition) is 5. The maximum absolute atomic E-state index is 11.7. The summed E-state index contributed by atoms with van der Waals surface area (Å²) in [5.41, 5.74) is 5.70. The second-order valence-electron chi connectivity index (χ2n) is 4.47. The largest absolute Gasteiger partial charge is 0.461 e. The molecule has 3 atom stereocenters. The van der Waals surface area contributed by atoms with Crippen LogP contribution in [0.4, 0.5) is 0 Å². The second kappa shape index (κ2) is 7.63. The molecule has 0 radical (unpaired) electrons. The molecule has 0 aromatic rings. The zero-order valence-corrected chi connectivity index (χ0v) is 10.7. The van der Waals surface area contributed by atoms with Crippen molar-refractivity contribution in [3.63, 3.8) is 0 Å². The summed E-state index contributed by atoms with van der Waals surface area (Å²) in [6.07, 6.45) is 4.41. The third-order valence-corrected chi connectivity index (χ3v) is 3.13. The molecule has 1 aliphatic rings. The Morgan fingerprint density at radius 1 is 1.35 bits per heavy atom. The lowest BCUT2D eigenvalue weighted by Crippen LogP contribution is -2.38. The number of methoxy groups -OCH3 is 2. The van der Waals surface area contributed by atoms with Crippen molar-refractivity contribution < 1.29 is 19.0 Å². The first-order valence-corrected chi connectivity index (χ1v) is 6.15. The highest BCUT2D eigenvalue weighted by Gasteiger charge is 2.26. The molecule has 0 aromatic carbocycles. The van der Waals surface area contributed by atoms with E-state index in [1.165, 1.54) is 0 Å². The van der Waals surface area contributed by atoms with Crippen molar-refractivity contribution in [3.8, 4) is 0 Å². The van der Waals surface area contributed by atoms with Gasteiger partial charge in [-0.2, -0.15) is 0 Å². The molecule has 0 bridgehead atoms. The molecule has 100 valence electrons. The average molecular weight is 245 g/mol. The van der Waals surface area contributed by atoms with Crippen molar-refractivity contribution in [3.05, 3.63) is 0 Å². The van der Waals surface area contributed by atoms with E-state index < -0.39 is 6.04 Å². The predicted molar refractivity (Wildman–Crippen MR) is 63.6 cm³/mol. The average Bonchev–Trinajstić information content (AvgIpc) is 2.36. The fourth-order valence-electron chi connectivity index (χ4n) is 2.04. The number of carbonyl (C=O) groups excluding carboxylic acids is 1. The van der Waals surface area contributed by atoms with Crippen LogP contribution in [-0.4, -0.2) is 45.0 Å². The molecule has 0 spiro atoms. The highest BCUT2D eigenvalue weighted by Crippen LogP contribution is 2.23. The van der Waals surface area contributed by atoms with Gasteiger partial charge in [0.1, 0.15) is 12.1 Å². The molecular formula is C12H23NO4. The Labute approximate surface area is 103 Å². The van der Waals surface area contributed by atoms with Gasteiger partial charge >= 0.3 is 5.97 Å². The molecule has 17 heavy (non-hydrogen) atoms. The van der Waals surface area contributed by atoms with Crippen molar-refractivity contribution in [1.29, 1.82) is 0 Å². The van der Waals surface area contributed by atoms with Crippen LogP contribution in [0.25, 0.3) is 0 Å². The van der Waals surface area contributed by atoms with Gasteiger partial charge in [-0.1, -0.05) is 0 Å². The van der Waals surface area contributed by atoms with Crippen LogP contribution in [-0.2, 0) is 19.0 Å². The van der Waals surface area contributed by atoms with E-state index in [4.69, 9.17) is 19.9 Å². The van der Waals surface area contributed by atoms with Crippen LogP contribution in [0.1, 0.15) is 32.1 Å². The van der Waals surface area contributed by atoms with Gasteiger partial charge in [0.2, 0.25) is 0 Å². The van der Waals surface area contributed by atoms with Crippen LogP contribution in [0.3, 0.4) is 0 Å². The van der Waals surface area contributed by atoms with Gasteiger partial charge in [0.05, 0.1) is 6.10 Å². The minimum absolute atomic E-state index is 0.0465. The summed E-state index contributed by atoms with van der Waals surface area (Å²) >= 11 is 0. The molecular weight excluding hydrogens is 222 g/mol. The van der Waals surface area contributed by atoms with E-state index >= 15 is 0 Å². The molecule has 2 N–H and O–H groups in total. The number of esters is 1. The standard InChI is InChI=1S/C12H23NO4/c1-15-7-6-11(13)12(14)17-10-5-3-4-9(8-10)16-2/h9-11H,3-8,13H2,1-2H3. The van der Waals surface area contributed by atoms with Crippen molar-refractivity contribution in [1.82, 2.24) is 0 Å². The van der Waals surface area contributed by atoms with E-state index in [9.17, 15) is 4.79 Å². The third kappa shape index (κ3) is 5.02. The molecule has 1 fully saturated rings. The lowest BCUT2D eigenvalue weighted by Gasteiger charge is -2.28. The Morgan fingerprint density at radius 3 is 2.71 bits per heavy atom. The summed E-state index contributed by atoms with van der Waals surface area (Å²) < 4.78 is 15.5. The van der Waals surface area contributed by atoms with E-state index in [-0.39, 0.29) is 18.2 Å². The first kappa shape index (κ1) is 14.4. The Balaban J connectivity index is 2.29. The van der Waals surface area contributed by atoms with E-state index in [1.54, 1.807) is 14.2 Å². The van der Waals surface area contributed by atoms with Crippen molar-refractivity contribution in [2.45, 2.75) is 50.4 Å². The summed E-state index contributed by atoms with van der Waals surface area (Å²) in [4.78, 5) is 11.7. The quantitative estimate of drug-likeness (QED) is 0.702. The number of ether oxygens (including phenoxy) is 3. The highest BCUT2D eigenvalue weighted by atomic mass is 16.5. The molecule has 0 amide bonds. The molecule has 0 aromatic heterocycles. The van der Waals surface area contributed by atoms with E-state index in [2.05, 4.69) is 0 Å². The van der Waals surface area contributed by atoms with E-state index in [0.717, 1.165) is 25.7 Å². The van der Waals surface area contributed by atoms with Gasteiger partial charge < -0.3 is 19.9 Å². The minimum Gasteiger partial charge on any atom is -0.461 e. The van der Waals surface area contributed by atoms with Gasteiger partial charge in [0.25, 0.3) is 0 Å². The van der Waals surface area contributed by atoms with Gasteiger partial charge in [-0.05, 0) is 25.7 Å². The number of carbonyl (C=O) groups is 1. The predicted octanol–water partition coefficient (Wildman–Crippen LogP) is 0.851. The van der Waals surface area contributed by atoms with Crippen LogP contribution in [0.15, 0.2) is 0 Å². The number of nitrogens with two attached hydrogens (primary N) is 1. The molecule has 1 aliphatic carbocycles. The molecule has 0 saturated heterocycles. The fourth-order valence-corrected chi connectivity index (χ4v) is 2.04. The zero-order chi connectivity index (χ0) is 12.7. The summed E-state index contributed by atoms with van der Waals surface area (Å²) in [6.45, 7) is 0.474. The first-order chi connectivity index (χ1) is 8.17. The Bertz CT molecular complexity index is 235. The normalized spacial score (nSPS) is 26.5. The molecule has 0 aliphatic heterocycles. The summed E-state index contributed by atoms with van der Waals surface area (Å²) in [5, 5.41) is 0. The van der Waals surface area contributed by atoms with Gasteiger partial charge in [-0.3, -0.25) is 4.79 Å². The van der Waals surface area contributed by atoms with Gasteiger partial charge in [0.15, 0.2) is 0 Å². The van der Waals surface area contributed by atoms with Gasteiger partial charge in [0, 0.05) is 27.2 Å². The Hall–Kier alpha value is -0.650. The zero-order valence-electron chi connectivity index (χ0n) is 10.7. The smallest absolute Gasteiger partial charge is 0.323 e. The minimum atomic E-state index is -0.585. The molecule has 1 rings (SSSR count). The van der Waals surface area contributed by atoms with Crippen LogP contribution < -0.4 is 5.73 Å². The van der Waals surface area contributed by atoms with Crippen LogP contribution in [0, 0.1) is 0 Å².